The molecule has 10 heteroatoms. The number of nitrogens with zero attached hydrogens (tertiary/aromatic N) is 4. The molecule has 3 aromatic heterocycles. The standard InChI is InChI=1S/C14H12F3N5OS/c1-6-4-10(14(15,16)17)22-11(18-6)5-9(21-22)12(23)20-13-19-7(2)8(3)24-13/h4-5H,1-3H3,(H,19,20,23). The number of hydrogen-bond acceptors (Lipinski definition) is 5. The SMILES string of the molecule is Cc1cc(C(F)(F)F)n2nc(C(=O)Nc3nc(C)c(C)s3)cc2n1. The van der Waals surface area contributed by atoms with Gasteiger partial charge < -0.3 is 0 Å². The first kappa shape index (κ1) is 16.4. The molecule has 0 atom stereocenters. The summed E-state index contributed by atoms with van der Waals surface area (Å²) in [6.07, 6.45) is -4.60. The number of amides is 1. The van der Waals surface area contributed by atoms with Crippen LogP contribution >= 0.6 is 11.3 Å². The second-order valence-electron chi connectivity index (χ2n) is 5.19. The third-order valence-corrected chi connectivity index (χ3v) is 4.32. The minimum Gasteiger partial charge on any atom is -0.296 e. The minimum atomic E-state index is -4.60. The summed E-state index contributed by atoms with van der Waals surface area (Å²) < 4.78 is 39.9. The van der Waals surface area contributed by atoms with Crippen LogP contribution in [0.25, 0.3) is 5.65 Å². The Labute approximate surface area is 138 Å². The number of thiazole rings is 1. The summed E-state index contributed by atoms with van der Waals surface area (Å²) in [5, 5.41) is 6.65. The molecule has 0 fully saturated rings. The maximum atomic E-state index is 13.1. The molecule has 0 radical (unpaired) electrons. The Morgan fingerprint density at radius 3 is 2.50 bits per heavy atom. The van der Waals surface area contributed by atoms with E-state index in [1.165, 1.54) is 24.3 Å². The molecule has 126 valence electrons. The number of aromatic nitrogens is 4. The van der Waals surface area contributed by atoms with Gasteiger partial charge in [0, 0.05) is 16.6 Å². The Hall–Kier alpha value is -2.49. The molecule has 3 aromatic rings. The van der Waals surface area contributed by atoms with E-state index in [2.05, 4.69) is 20.4 Å². The molecule has 0 unspecified atom stereocenters. The number of hydrogen-bond donors (Lipinski definition) is 1. The molecule has 3 rings (SSSR count). The molecule has 0 aliphatic heterocycles. The highest BCUT2D eigenvalue weighted by Gasteiger charge is 2.35. The summed E-state index contributed by atoms with van der Waals surface area (Å²) >= 11 is 1.28. The van der Waals surface area contributed by atoms with E-state index in [0.29, 0.717) is 9.65 Å². The van der Waals surface area contributed by atoms with E-state index < -0.39 is 17.8 Å². The van der Waals surface area contributed by atoms with Crippen LogP contribution in [0.3, 0.4) is 0 Å². The number of anilines is 1. The Morgan fingerprint density at radius 1 is 1.21 bits per heavy atom. The zero-order chi connectivity index (χ0) is 17.6. The van der Waals surface area contributed by atoms with Crippen molar-refractivity contribution in [2.45, 2.75) is 26.9 Å². The lowest BCUT2D eigenvalue weighted by molar-refractivity contribution is -0.142. The monoisotopic (exact) mass is 355 g/mol. The van der Waals surface area contributed by atoms with Gasteiger partial charge in [-0.05, 0) is 26.8 Å². The Balaban J connectivity index is 2.00. The lowest BCUT2D eigenvalue weighted by Gasteiger charge is -2.08. The van der Waals surface area contributed by atoms with E-state index >= 15 is 0 Å². The number of carbonyl (C=O) groups is 1. The van der Waals surface area contributed by atoms with Crippen molar-refractivity contribution >= 4 is 28.0 Å². The van der Waals surface area contributed by atoms with Crippen LogP contribution < -0.4 is 5.32 Å². The summed E-state index contributed by atoms with van der Waals surface area (Å²) in [5.74, 6) is -0.639. The number of halogens is 3. The molecule has 0 saturated carbocycles. The molecule has 0 bridgehead atoms. The first-order valence-corrected chi connectivity index (χ1v) is 7.67. The van der Waals surface area contributed by atoms with Gasteiger partial charge >= 0.3 is 6.18 Å². The van der Waals surface area contributed by atoms with Crippen LogP contribution in [-0.2, 0) is 6.18 Å². The number of rotatable bonds is 2. The fourth-order valence-electron chi connectivity index (χ4n) is 2.10. The van der Waals surface area contributed by atoms with Gasteiger partial charge in [-0.25, -0.2) is 14.5 Å². The number of fused-ring (bicyclic) bond motifs is 1. The highest BCUT2D eigenvalue weighted by molar-refractivity contribution is 7.15. The van der Waals surface area contributed by atoms with Gasteiger partial charge in [0.05, 0.1) is 5.69 Å². The van der Waals surface area contributed by atoms with Gasteiger partial charge in [-0.1, -0.05) is 0 Å². The second kappa shape index (κ2) is 5.55. The Bertz CT molecular complexity index is 924. The molecular formula is C14H12F3N5OS. The van der Waals surface area contributed by atoms with E-state index in [-0.39, 0.29) is 17.0 Å². The van der Waals surface area contributed by atoms with Crippen LogP contribution in [0.1, 0.15) is 32.4 Å². The maximum Gasteiger partial charge on any atom is 0.433 e. The molecule has 6 nitrogen and oxygen atoms in total. The summed E-state index contributed by atoms with van der Waals surface area (Å²) in [6.45, 7) is 5.10. The topological polar surface area (TPSA) is 72.2 Å². The zero-order valence-electron chi connectivity index (χ0n) is 12.9. The molecule has 1 N–H and O–H groups in total. The summed E-state index contributed by atoms with van der Waals surface area (Å²) in [6, 6.07) is 2.10. The van der Waals surface area contributed by atoms with Crippen molar-refractivity contribution in [3.63, 3.8) is 0 Å². The Morgan fingerprint density at radius 2 is 1.92 bits per heavy atom. The van der Waals surface area contributed by atoms with Crippen molar-refractivity contribution in [2.24, 2.45) is 0 Å². The number of carbonyl (C=O) groups excluding carboxylic acids is 1. The minimum absolute atomic E-state index is 0.0426. The predicted molar refractivity (Wildman–Crippen MR) is 82.3 cm³/mol. The third kappa shape index (κ3) is 2.96. The van der Waals surface area contributed by atoms with Gasteiger partial charge in [-0.2, -0.15) is 18.3 Å². The summed E-state index contributed by atoms with van der Waals surface area (Å²) in [7, 11) is 0. The average molecular weight is 355 g/mol. The normalized spacial score (nSPS) is 11.9. The average Bonchev–Trinajstić information content (AvgIpc) is 3.00. The summed E-state index contributed by atoms with van der Waals surface area (Å²) in [5.41, 5.74) is -0.220. The molecule has 0 aromatic carbocycles. The zero-order valence-corrected chi connectivity index (χ0v) is 13.7. The van der Waals surface area contributed by atoms with Gasteiger partial charge in [-0.15, -0.1) is 11.3 Å². The van der Waals surface area contributed by atoms with Gasteiger partial charge in [0.15, 0.2) is 16.5 Å². The highest BCUT2D eigenvalue weighted by Crippen LogP contribution is 2.30. The van der Waals surface area contributed by atoms with Gasteiger partial charge in [-0.3, -0.25) is 10.1 Å². The molecule has 3 heterocycles. The molecule has 0 aliphatic rings. The fourth-order valence-corrected chi connectivity index (χ4v) is 2.91. The summed E-state index contributed by atoms with van der Waals surface area (Å²) in [4.78, 5) is 21.3. The maximum absolute atomic E-state index is 13.1. The first-order valence-electron chi connectivity index (χ1n) is 6.85. The highest BCUT2D eigenvalue weighted by atomic mass is 32.1. The van der Waals surface area contributed by atoms with E-state index in [9.17, 15) is 18.0 Å². The van der Waals surface area contributed by atoms with E-state index in [1.807, 2.05) is 6.92 Å². The number of nitrogens with one attached hydrogen (secondary N) is 1. The van der Waals surface area contributed by atoms with Crippen molar-refractivity contribution in [2.75, 3.05) is 5.32 Å². The van der Waals surface area contributed by atoms with Crippen molar-refractivity contribution in [1.29, 1.82) is 0 Å². The van der Waals surface area contributed by atoms with Crippen LogP contribution in [0.4, 0.5) is 18.3 Å². The quantitative estimate of drug-likeness (QED) is 0.765. The van der Waals surface area contributed by atoms with E-state index in [1.54, 1.807) is 6.92 Å². The molecule has 1 amide bonds. The lowest BCUT2D eigenvalue weighted by Crippen LogP contribution is -2.15. The number of alkyl halides is 3. The van der Waals surface area contributed by atoms with Gasteiger partial charge in [0.25, 0.3) is 5.91 Å². The van der Waals surface area contributed by atoms with Crippen LogP contribution in [0.2, 0.25) is 0 Å². The molecule has 0 saturated heterocycles. The van der Waals surface area contributed by atoms with Crippen molar-refractivity contribution in [3.8, 4) is 0 Å². The third-order valence-electron chi connectivity index (χ3n) is 3.33. The lowest BCUT2D eigenvalue weighted by atomic mass is 10.3. The molecular weight excluding hydrogens is 343 g/mol. The van der Waals surface area contributed by atoms with Gasteiger partial charge in [0.2, 0.25) is 0 Å². The smallest absolute Gasteiger partial charge is 0.296 e. The molecule has 0 spiro atoms. The van der Waals surface area contributed by atoms with E-state index in [0.717, 1.165) is 16.6 Å². The second-order valence-corrected chi connectivity index (χ2v) is 6.40. The van der Waals surface area contributed by atoms with Crippen LogP contribution in [0.15, 0.2) is 12.1 Å². The van der Waals surface area contributed by atoms with Crippen molar-refractivity contribution in [3.05, 3.63) is 39.8 Å². The Kier molecular flexibility index (Phi) is 3.78. The van der Waals surface area contributed by atoms with Crippen LogP contribution in [0, 0.1) is 20.8 Å². The molecule has 0 aliphatic carbocycles. The predicted octanol–water partition coefficient (Wildman–Crippen LogP) is 3.38. The first-order chi connectivity index (χ1) is 11.1. The fraction of sp³-hybridized carbons (Fsp3) is 0.286. The van der Waals surface area contributed by atoms with E-state index in [4.69, 9.17) is 0 Å². The van der Waals surface area contributed by atoms with Gasteiger partial charge in [0.1, 0.15) is 5.69 Å². The van der Waals surface area contributed by atoms with Crippen molar-refractivity contribution in [1.82, 2.24) is 19.6 Å². The number of aryl methyl sites for hydroxylation is 3. The molecule has 24 heavy (non-hydrogen) atoms. The van der Waals surface area contributed by atoms with Crippen LogP contribution in [-0.4, -0.2) is 25.5 Å². The largest absolute Gasteiger partial charge is 0.433 e. The van der Waals surface area contributed by atoms with Crippen LogP contribution in [0.5, 0.6) is 0 Å². The van der Waals surface area contributed by atoms with Crippen molar-refractivity contribution < 1.29 is 18.0 Å².